The van der Waals surface area contributed by atoms with Gasteiger partial charge in [0.25, 0.3) is 5.91 Å². The molecule has 0 aliphatic carbocycles. The van der Waals surface area contributed by atoms with Crippen molar-refractivity contribution in [2.45, 2.75) is 25.8 Å². The Bertz CT molecular complexity index is 601. The van der Waals surface area contributed by atoms with Crippen LogP contribution >= 0.6 is 23.2 Å². The van der Waals surface area contributed by atoms with Gasteiger partial charge in [-0.05, 0) is 24.6 Å². The number of halogens is 2. The molecule has 2 N–H and O–H groups in total. The third-order valence-electron chi connectivity index (χ3n) is 4.44. The van der Waals surface area contributed by atoms with Gasteiger partial charge >= 0.3 is 5.97 Å². The number of quaternary nitrogens is 1. The van der Waals surface area contributed by atoms with Gasteiger partial charge in [0.1, 0.15) is 0 Å². The molecule has 132 valence electrons. The van der Waals surface area contributed by atoms with Crippen molar-refractivity contribution < 1.29 is 19.2 Å². The van der Waals surface area contributed by atoms with Crippen LogP contribution in [0.2, 0.25) is 10.0 Å². The van der Waals surface area contributed by atoms with Crippen LogP contribution in [-0.2, 0) is 14.3 Å². The van der Waals surface area contributed by atoms with Gasteiger partial charge in [-0.2, -0.15) is 0 Å². The molecule has 1 saturated heterocycles. The molecule has 1 aromatic carbocycles. The summed E-state index contributed by atoms with van der Waals surface area (Å²) in [5.41, 5.74) is 0.841. The van der Waals surface area contributed by atoms with E-state index in [1.54, 1.807) is 12.1 Å². The molecule has 1 fully saturated rings. The summed E-state index contributed by atoms with van der Waals surface area (Å²) in [6, 6.07) is 5.07. The summed E-state index contributed by atoms with van der Waals surface area (Å²) in [6.45, 7) is 3.88. The van der Waals surface area contributed by atoms with Crippen LogP contribution in [-0.4, -0.2) is 38.6 Å². The summed E-state index contributed by atoms with van der Waals surface area (Å²) in [5.74, 6) is -0.210. The number of hydrogen-bond donors (Lipinski definition) is 2. The van der Waals surface area contributed by atoms with E-state index in [1.165, 1.54) is 12.0 Å². The number of esters is 1. The lowest BCUT2D eigenvalue weighted by atomic mass is 9.97. The Kier molecular flexibility index (Phi) is 6.90. The largest absolute Gasteiger partial charge is 0.469 e. The van der Waals surface area contributed by atoms with Gasteiger partial charge in [-0.15, -0.1) is 0 Å². The molecule has 0 aromatic heterocycles. The first kappa shape index (κ1) is 19.0. The van der Waals surface area contributed by atoms with Crippen LogP contribution in [0.3, 0.4) is 0 Å². The Labute approximate surface area is 152 Å². The quantitative estimate of drug-likeness (QED) is 0.771. The van der Waals surface area contributed by atoms with Crippen LogP contribution in [0.5, 0.6) is 0 Å². The van der Waals surface area contributed by atoms with Gasteiger partial charge in [0.15, 0.2) is 6.54 Å². The van der Waals surface area contributed by atoms with Gasteiger partial charge < -0.3 is 15.0 Å². The van der Waals surface area contributed by atoms with Crippen molar-refractivity contribution >= 4 is 35.1 Å². The zero-order valence-electron chi connectivity index (χ0n) is 13.9. The number of piperidine rings is 1. The van der Waals surface area contributed by atoms with E-state index >= 15 is 0 Å². The number of methoxy groups -OCH3 is 1. The number of benzene rings is 1. The second-order valence-electron chi connectivity index (χ2n) is 6.18. The molecule has 1 aliphatic rings. The van der Waals surface area contributed by atoms with E-state index in [0.29, 0.717) is 16.6 Å². The summed E-state index contributed by atoms with van der Waals surface area (Å²) in [6.07, 6.45) is 1.52. The molecule has 2 rings (SSSR count). The molecule has 1 atom stereocenters. The van der Waals surface area contributed by atoms with Crippen molar-refractivity contribution in [3.05, 3.63) is 33.8 Å². The van der Waals surface area contributed by atoms with Gasteiger partial charge in [-0.1, -0.05) is 29.3 Å². The van der Waals surface area contributed by atoms with Gasteiger partial charge in [-0.3, -0.25) is 9.59 Å². The number of carbonyl (C=O) groups is 2. The number of ether oxygens (including phenoxy) is 1. The van der Waals surface area contributed by atoms with E-state index in [2.05, 4.69) is 5.32 Å². The van der Waals surface area contributed by atoms with Crippen LogP contribution in [0.4, 0.5) is 0 Å². The minimum atomic E-state index is -0.186. The molecule has 0 radical (unpaired) electrons. The fourth-order valence-corrected chi connectivity index (χ4v) is 3.63. The van der Waals surface area contributed by atoms with Crippen molar-refractivity contribution in [3.63, 3.8) is 0 Å². The lowest BCUT2D eigenvalue weighted by Crippen LogP contribution is -3.14. The minimum Gasteiger partial charge on any atom is -0.469 e. The van der Waals surface area contributed by atoms with Crippen LogP contribution in [0.1, 0.15) is 31.4 Å². The van der Waals surface area contributed by atoms with E-state index in [9.17, 15) is 9.59 Å². The lowest BCUT2D eigenvalue weighted by molar-refractivity contribution is -0.897. The van der Waals surface area contributed by atoms with Crippen LogP contribution in [0.25, 0.3) is 0 Å². The maximum absolute atomic E-state index is 12.3. The molecule has 5 nitrogen and oxygen atoms in total. The third kappa shape index (κ3) is 5.10. The molecule has 0 unspecified atom stereocenters. The summed E-state index contributed by atoms with van der Waals surface area (Å²) in [5, 5.41) is 4.08. The van der Waals surface area contributed by atoms with Crippen LogP contribution in [0.15, 0.2) is 18.2 Å². The first-order chi connectivity index (χ1) is 11.4. The van der Waals surface area contributed by atoms with E-state index in [-0.39, 0.29) is 23.8 Å². The molecule has 0 spiro atoms. The zero-order valence-corrected chi connectivity index (χ0v) is 15.4. The highest BCUT2D eigenvalue weighted by Crippen LogP contribution is 2.25. The lowest BCUT2D eigenvalue weighted by Gasteiger charge is -2.27. The van der Waals surface area contributed by atoms with Gasteiger partial charge in [0, 0.05) is 22.9 Å². The second kappa shape index (κ2) is 8.70. The fraction of sp³-hybridized carbons (Fsp3) is 0.529. The molecule has 24 heavy (non-hydrogen) atoms. The molecule has 1 aromatic rings. The zero-order chi connectivity index (χ0) is 17.7. The monoisotopic (exact) mass is 373 g/mol. The topological polar surface area (TPSA) is 59.8 Å². The van der Waals surface area contributed by atoms with Crippen molar-refractivity contribution in [3.8, 4) is 0 Å². The van der Waals surface area contributed by atoms with Gasteiger partial charge in [0.2, 0.25) is 0 Å². The number of likely N-dealkylation sites (tertiary alicyclic amines) is 1. The Morgan fingerprint density at radius 2 is 2.00 bits per heavy atom. The molecule has 0 bridgehead atoms. The average Bonchev–Trinajstić information content (AvgIpc) is 2.54. The molecular formula is C17H23Cl2N2O3+. The molecule has 7 heteroatoms. The number of rotatable bonds is 5. The first-order valence-electron chi connectivity index (χ1n) is 8.06. The number of carbonyl (C=O) groups excluding carboxylic acids is 2. The van der Waals surface area contributed by atoms with E-state index in [0.717, 1.165) is 31.5 Å². The minimum absolute atomic E-state index is 0.0277. The van der Waals surface area contributed by atoms with E-state index in [1.807, 2.05) is 13.0 Å². The van der Waals surface area contributed by atoms with Crippen molar-refractivity contribution in [1.82, 2.24) is 5.32 Å². The summed E-state index contributed by atoms with van der Waals surface area (Å²) >= 11 is 12.1. The molecule has 1 heterocycles. The second-order valence-corrected chi connectivity index (χ2v) is 7.02. The summed E-state index contributed by atoms with van der Waals surface area (Å²) in [4.78, 5) is 25.0. The maximum Gasteiger partial charge on any atom is 0.309 e. The number of amides is 1. The predicted octanol–water partition coefficient (Wildman–Crippen LogP) is 1.64. The number of hydrogen-bond acceptors (Lipinski definition) is 3. The van der Waals surface area contributed by atoms with Crippen LogP contribution < -0.4 is 10.2 Å². The van der Waals surface area contributed by atoms with Crippen molar-refractivity contribution in [1.29, 1.82) is 0 Å². The molecule has 1 aliphatic heterocycles. The van der Waals surface area contributed by atoms with Crippen molar-refractivity contribution in [2.75, 3.05) is 26.7 Å². The highest BCUT2D eigenvalue weighted by Gasteiger charge is 2.29. The Balaban J connectivity index is 1.82. The summed E-state index contributed by atoms with van der Waals surface area (Å²) < 4.78 is 4.78. The number of nitrogens with one attached hydrogen (secondary N) is 2. The third-order valence-corrected chi connectivity index (χ3v) is 5.01. The van der Waals surface area contributed by atoms with Crippen molar-refractivity contribution in [2.24, 2.45) is 5.92 Å². The SMILES string of the molecule is COC(=O)C1CC[NH+](CC(=O)N[C@H](C)c2ccc(Cl)cc2Cl)CC1. The Morgan fingerprint density at radius 3 is 2.58 bits per heavy atom. The predicted molar refractivity (Wildman–Crippen MR) is 93.3 cm³/mol. The van der Waals surface area contributed by atoms with E-state index < -0.39 is 0 Å². The smallest absolute Gasteiger partial charge is 0.309 e. The maximum atomic E-state index is 12.3. The molecule has 1 amide bonds. The normalized spacial score (nSPS) is 21.8. The average molecular weight is 374 g/mol. The fourth-order valence-electron chi connectivity index (χ4n) is 3.06. The van der Waals surface area contributed by atoms with Crippen LogP contribution in [0, 0.1) is 5.92 Å². The Morgan fingerprint density at radius 1 is 1.33 bits per heavy atom. The molecular weight excluding hydrogens is 351 g/mol. The van der Waals surface area contributed by atoms with Gasteiger partial charge in [0.05, 0.1) is 32.2 Å². The highest BCUT2D eigenvalue weighted by molar-refractivity contribution is 6.35. The highest BCUT2D eigenvalue weighted by atomic mass is 35.5. The standard InChI is InChI=1S/C17H22Cl2N2O3/c1-11(14-4-3-13(18)9-15(14)19)20-16(22)10-21-7-5-12(6-8-21)17(23)24-2/h3-4,9,11-12H,5-8,10H2,1-2H3,(H,20,22)/p+1/t11-/m1/s1. The first-order valence-corrected chi connectivity index (χ1v) is 8.82. The summed E-state index contributed by atoms with van der Waals surface area (Å²) in [7, 11) is 1.41. The molecule has 0 saturated carbocycles. The Hall–Kier alpha value is -1.30. The van der Waals surface area contributed by atoms with E-state index in [4.69, 9.17) is 27.9 Å². The van der Waals surface area contributed by atoms with Gasteiger partial charge in [-0.25, -0.2) is 0 Å².